The molecule has 5 aromatic rings. The third-order valence-corrected chi connectivity index (χ3v) is 10.3. The molecule has 1 fully saturated rings. The van der Waals surface area contributed by atoms with Gasteiger partial charge in [-0.2, -0.15) is 0 Å². The van der Waals surface area contributed by atoms with E-state index in [1.54, 1.807) is 0 Å². The van der Waals surface area contributed by atoms with Gasteiger partial charge < -0.3 is 28.4 Å². The minimum Gasteiger partial charge on any atom is -0.458 e. The first-order valence-corrected chi connectivity index (χ1v) is 19.2. The first kappa shape index (κ1) is 38.4. The highest BCUT2D eigenvalue weighted by Gasteiger charge is 2.54. The average molecular weight is 739 g/mol. The second kappa shape index (κ2) is 19.6. The van der Waals surface area contributed by atoms with Gasteiger partial charge in [-0.15, -0.1) is 0 Å². The molecule has 55 heavy (non-hydrogen) atoms. The molecule has 7 heteroatoms. The minimum atomic E-state index is -0.571. The summed E-state index contributed by atoms with van der Waals surface area (Å²) in [5.41, 5.74) is 6.27. The molecule has 0 radical (unpaired) electrons. The first-order chi connectivity index (χ1) is 27.1. The molecular formula is C48H50O7. The van der Waals surface area contributed by atoms with Gasteiger partial charge in [-0.05, 0) is 51.8 Å². The molecular weight excluding hydrogens is 689 g/mol. The summed E-state index contributed by atoms with van der Waals surface area (Å²) in [6, 6.07) is 50.9. The van der Waals surface area contributed by atoms with Gasteiger partial charge in [0.1, 0.15) is 24.4 Å². The minimum absolute atomic E-state index is 0.0884. The number of benzene rings is 5. The van der Waals surface area contributed by atoms with Crippen LogP contribution in [-0.2, 0) is 66.3 Å². The van der Waals surface area contributed by atoms with Crippen LogP contribution in [0.1, 0.15) is 41.2 Å². The lowest BCUT2D eigenvalue weighted by Crippen LogP contribution is -2.61. The van der Waals surface area contributed by atoms with Crippen LogP contribution in [0.15, 0.2) is 163 Å². The number of rotatable bonds is 17. The van der Waals surface area contributed by atoms with Crippen LogP contribution in [0.3, 0.4) is 0 Å². The highest BCUT2D eigenvalue weighted by molar-refractivity contribution is 5.66. The van der Waals surface area contributed by atoms with E-state index in [4.69, 9.17) is 28.4 Å². The van der Waals surface area contributed by atoms with Gasteiger partial charge in [-0.25, -0.2) is 0 Å². The predicted molar refractivity (Wildman–Crippen MR) is 211 cm³/mol. The van der Waals surface area contributed by atoms with Gasteiger partial charge in [0.15, 0.2) is 0 Å². The average Bonchev–Trinajstić information content (AvgIpc) is 3.22. The van der Waals surface area contributed by atoms with E-state index in [0.29, 0.717) is 46.1 Å². The van der Waals surface area contributed by atoms with Crippen LogP contribution < -0.4 is 0 Å². The summed E-state index contributed by atoms with van der Waals surface area (Å²) in [5, 5.41) is 0. The molecule has 7 rings (SSSR count). The van der Waals surface area contributed by atoms with E-state index in [9.17, 15) is 4.79 Å². The van der Waals surface area contributed by atoms with Crippen molar-refractivity contribution in [3.05, 3.63) is 191 Å². The largest absolute Gasteiger partial charge is 0.458 e. The molecule has 0 spiro atoms. The topological polar surface area (TPSA) is 72.5 Å². The molecule has 0 aromatic heterocycles. The summed E-state index contributed by atoms with van der Waals surface area (Å²) in [7, 11) is 0. The Bertz CT molecular complexity index is 1900. The van der Waals surface area contributed by atoms with Gasteiger partial charge in [-0.1, -0.05) is 152 Å². The van der Waals surface area contributed by atoms with Gasteiger partial charge in [0, 0.05) is 12.8 Å². The molecule has 0 amide bonds. The van der Waals surface area contributed by atoms with Gasteiger partial charge >= 0.3 is 5.97 Å². The number of esters is 1. The van der Waals surface area contributed by atoms with Crippen LogP contribution in [0.5, 0.6) is 0 Å². The standard InChI is InChI=1S/C48H50O7/c1-35(49)55-42-27-41(34-50-29-36-17-7-2-8-18-36)44-43(28-42)45(51-30-37-19-9-3-10-20-37)47(53-32-39-23-13-5-14-24-39)48(54-33-40-25-15-6-16-26-40)46(44)52-31-38-21-11-4-12-22-38/h2-26,28,41-42,44-48H,27,29-34H2,1H3/t41-,42+,44-,45-,46-,47+,48+/m1/s1. The molecule has 0 N–H and O–H groups in total. The van der Waals surface area contributed by atoms with Crippen molar-refractivity contribution >= 4 is 5.97 Å². The van der Waals surface area contributed by atoms with Crippen LogP contribution >= 0.6 is 0 Å². The number of carbonyl (C=O) groups is 1. The maximum absolute atomic E-state index is 12.5. The molecule has 1 saturated carbocycles. The summed E-state index contributed by atoms with van der Waals surface area (Å²) >= 11 is 0. The third-order valence-electron chi connectivity index (χ3n) is 10.3. The van der Waals surface area contributed by atoms with E-state index in [1.807, 2.05) is 91.0 Å². The van der Waals surface area contributed by atoms with E-state index in [1.165, 1.54) is 6.92 Å². The number of hydrogen-bond donors (Lipinski definition) is 0. The normalized spacial score (nSPS) is 23.4. The fourth-order valence-corrected chi connectivity index (χ4v) is 7.80. The van der Waals surface area contributed by atoms with Crippen LogP contribution in [0.25, 0.3) is 0 Å². The second-order valence-corrected chi connectivity index (χ2v) is 14.3. The summed E-state index contributed by atoms with van der Waals surface area (Å²) in [6.45, 7) is 3.79. The highest BCUT2D eigenvalue weighted by Crippen LogP contribution is 2.47. The van der Waals surface area contributed by atoms with Crippen molar-refractivity contribution in [1.29, 1.82) is 0 Å². The number of fused-ring (bicyclic) bond motifs is 1. The first-order valence-electron chi connectivity index (χ1n) is 19.2. The summed E-state index contributed by atoms with van der Waals surface area (Å²) in [4.78, 5) is 12.5. The number of carbonyl (C=O) groups excluding carboxylic acids is 1. The van der Waals surface area contributed by atoms with Crippen molar-refractivity contribution in [3.8, 4) is 0 Å². The Morgan fingerprint density at radius 2 is 0.909 bits per heavy atom. The van der Waals surface area contributed by atoms with E-state index >= 15 is 0 Å². The van der Waals surface area contributed by atoms with E-state index in [0.717, 1.165) is 33.4 Å². The maximum Gasteiger partial charge on any atom is 0.303 e. The zero-order valence-electron chi connectivity index (χ0n) is 31.4. The van der Waals surface area contributed by atoms with E-state index in [2.05, 4.69) is 66.7 Å². The number of ether oxygens (including phenoxy) is 6. The molecule has 7 nitrogen and oxygen atoms in total. The molecule has 0 aliphatic heterocycles. The number of hydrogen-bond acceptors (Lipinski definition) is 7. The lowest BCUT2D eigenvalue weighted by molar-refractivity contribution is -0.221. The molecule has 0 heterocycles. The van der Waals surface area contributed by atoms with E-state index in [-0.39, 0.29) is 17.8 Å². The van der Waals surface area contributed by atoms with Crippen LogP contribution in [0.2, 0.25) is 0 Å². The monoisotopic (exact) mass is 738 g/mol. The molecule has 7 atom stereocenters. The summed E-state index contributed by atoms with van der Waals surface area (Å²) in [5.74, 6) is -0.612. The Balaban J connectivity index is 1.30. The second-order valence-electron chi connectivity index (χ2n) is 14.3. The summed E-state index contributed by atoms with van der Waals surface area (Å²) < 4.78 is 40.6. The van der Waals surface area contributed by atoms with Crippen molar-refractivity contribution in [2.75, 3.05) is 6.61 Å². The summed E-state index contributed by atoms with van der Waals surface area (Å²) in [6.07, 6.45) is 0.0941. The predicted octanol–water partition coefficient (Wildman–Crippen LogP) is 9.05. The molecule has 0 unspecified atom stereocenters. The Hall–Kier alpha value is -4.89. The Labute approximate surface area is 324 Å². The molecule has 0 bridgehead atoms. The molecule has 2 aliphatic rings. The van der Waals surface area contributed by atoms with Gasteiger partial charge in [0.05, 0.1) is 45.7 Å². The molecule has 284 valence electrons. The Morgan fingerprint density at radius 1 is 0.509 bits per heavy atom. The van der Waals surface area contributed by atoms with Crippen LogP contribution in [0, 0.1) is 11.8 Å². The maximum atomic E-state index is 12.5. The van der Waals surface area contributed by atoms with Gasteiger partial charge in [0.2, 0.25) is 0 Å². The van der Waals surface area contributed by atoms with Crippen molar-refractivity contribution < 1.29 is 33.2 Å². The zero-order chi connectivity index (χ0) is 37.7. The van der Waals surface area contributed by atoms with E-state index < -0.39 is 30.5 Å². The Morgan fingerprint density at radius 3 is 1.36 bits per heavy atom. The van der Waals surface area contributed by atoms with Crippen molar-refractivity contribution in [1.82, 2.24) is 0 Å². The van der Waals surface area contributed by atoms with Crippen molar-refractivity contribution in [2.24, 2.45) is 11.8 Å². The van der Waals surface area contributed by atoms with Crippen molar-refractivity contribution in [2.45, 2.75) is 76.9 Å². The van der Waals surface area contributed by atoms with Crippen molar-refractivity contribution in [3.63, 3.8) is 0 Å². The quantitative estimate of drug-likeness (QED) is 0.0697. The highest BCUT2D eigenvalue weighted by atomic mass is 16.6. The van der Waals surface area contributed by atoms with Crippen LogP contribution in [0.4, 0.5) is 0 Å². The van der Waals surface area contributed by atoms with Gasteiger partial charge in [0.25, 0.3) is 0 Å². The lowest BCUT2D eigenvalue weighted by Gasteiger charge is -2.52. The lowest BCUT2D eigenvalue weighted by atomic mass is 9.66. The third kappa shape index (κ3) is 10.7. The van der Waals surface area contributed by atoms with Crippen LogP contribution in [-0.4, -0.2) is 43.1 Å². The zero-order valence-corrected chi connectivity index (χ0v) is 31.4. The fraction of sp³-hybridized carbons (Fsp3) is 0.312. The van der Waals surface area contributed by atoms with Gasteiger partial charge in [-0.3, -0.25) is 4.79 Å². The molecule has 0 saturated heterocycles. The Kier molecular flexibility index (Phi) is 13.7. The SMILES string of the molecule is CC(=O)O[C@@H]1C=C2[C@@H]([C@@H](COCc3ccccc3)C1)[C@@H](OCc1ccccc1)[C@H](OCc1ccccc1)[C@@H](OCc1ccccc1)[C@@H]2OCc1ccccc1. The molecule has 5 aromatic carbocycles. The molecule has 2 aliphatic carbocycles. The fourth-order valence-electron chi connectivity index (χ4n) is 7.80. The smallest absolute Gasteiger partial charge is 0.303 e.